The fourth-order valence-corrected chi connectivity index (χ4v) is 3.77. The van der Waals surface area contributed by atoms with Crippen molar-refractivity contribution in [3.63, 3.8) is 0 Å². The van der Waals surface area contributed by atoms with Crippen LogP contribution in [-0.2, 0) is 11.4 Å². The third-order valence-corrected chi connectivity index (χ3v) is 5.61. The molecule has 3 N–H and O–H groups in total. The summed E-state index contributed by atoms with van der Waals surface area (Å²) >= 11 is 0. The highest BCUT2D eigenvalue weighted by molar-refractivity contribution is 5.82. The van der Waals surface area contributed by atoms with E-state index in [9.17, 15) is 9.18 Å². The molecule has 188 valence electrons. The lowest BCUT2D eigenvalue weighted by molar-refractivity contribution is -0.124. The number of nitrogens with zero attached hydrogens (tertiary/aromatic N) is 1. The maximum Gasteiger partial charge on any atom is 0.237 e. The van der Waals surface area contributed by atoms with Gasteiger partial charge in [0.05, 0.1) is 11.6 Å². The van der Waals surface area contributed by atoms with E-state index < -0.39 is 11.6 Å². The van der Waals surface area contributed by atoms with Crippen molar-refractivity contribution in [3.05, 3.63) is 59.9 Å². The molecule has 2 rings (SSSR count). The molecular weight excluding hydrogens is 429 g/mol. The van der Waals surface area contributed by atoms with Crippen LogP contribution < -0.4 is 20.7 Å². The average molecular weight is 472 g/mol. The minimum atomic E-state index is -0.499. The zero-order chi connectivity index (χ0) is 25.3. The van der Waals surface area contributed by atoms with Crippen LogP contribution in [0.25, 0.3) is 0 Å². The molecule has 0 radical (unpaired) electrons. The lowest BCUT2D eigenvalue weighted by Crippen LogP contribution is -2.56. The monoisotopic (exact) mass is 471 g/mol. The van der Waals surface area contributed by atoms with Gasteiger partial charge in [0.15, 0.2) is 0 Å². The molecule has 0 aliphatic rings. The molecule has 0 spiro atoms. The first kappa shape index (κ1) is 27.6. The van der Waals surface area contributed by atoms with E-state index in [2.05, 4.69) is 37.9 Å². The summed E-state index contributed by atoms with van der Waals surface area (Å²) in [5.41, 5.74) is 7.64. The molecule has 0 aliphatic carbocycles. The number of amides is 1. The summed E-state index contributed by atoms with van der Waals surface area (Å²) in [4.78, 5) is 14.9. The molecule has 5 nitrogen and oxygen atoms in total. The Hall–Kier alpha value is -2.60. The molecule has 0 saturated heterocycles. The lowest BCUT2D eigenvalue weighted by Gasteiger charge is -2.36. The summed E-state index contributed by atoms with van der Waals surface area (Å²) in [5.74, 6) is 1.33. The van der Waals surface area contributed by atoms with Crippen molar-refractivity contribution in [1.82, 2.24) is 5.32 Å². The quantitative estimate of drug-likeness (QED) is 0.403. The molecule has 2 aromatic rings. The number of anilines is 1. The number of rotatable bonds is 13. The van der Waals surface area contributed by atoms with Gasteiger partial charge in [0.1, 0.15) is 18.2 Å². The highest BCUT2D eigenvalue weighted by Gasteiger charge is 2.27. The molecule has 34 heavy (non-hydrogen) atoms. The predicted molar refractivity (Wildman–Crippen MR) is 138 cm³/mol. The van der Waals surface area contributed by atoms with Crippen LogP contribution in [0.2, 0.25) is 0 Å². The lowest BCUT2D eigenvalue weighted by atomic mass is 9.99. The molecule has 2 aromatic carbocycles. The van der Waals surface area contributed by atoms with Gasteiger partial charge in [-0.25, -0.2) is 4.39 Å². The molecular formula is C28H42FN3O2. The first-order valence-electron chi connectivity index (χ1n) is 12.2. The Kier molecular flexibility index (Phi) is 10.4. The molecule has 6 heteroatoms. The third kappa shape index (κ3) is 9.72. The Morgan fingerprint density at radius 1 is 1.03 bits per heavy atom. The first-order chi connectivity index (χ1) is 15.9. The van der Waals surface area contributed by atoms with E-state index in [0.717, 1.165) is 30.0 Å². The Labute approximate surface area is 204 Å². The Bertz CT molecular complexity index is 880. The largest absolute Gasteiger partial charge is 0.489 e. The summed E-state index contributed by atoms with van der Waals surface area (Å²) in [5, 5.41) is 3.15. The highest BCUT2D eigenvalue weighted by Crippen LogP contribution is 2.23. The van der Waals surface area contributed by atoms with E-state index in [-0.39, 0.29) is 11.7 Å². The number of carbonyl (C=O) groups is 1. The van der Waals surface area contributed by atoms with Crippen molar-refractivity contribution in [2.75, 3.05) is 18.0 Å². The SMILES string of the molecule is CC(C)CCN(CC(C)(C)NC(=O)[C@@H](N)CC(C)C)c1ccc(OCc2ccc(F)cc2)cc1. The Morgan fingerprint density at radius 3 is 2.21 bits per heavy atom. The summed E-state index contributed by atoms with van der Waals surface area (Å²) in [6, 6.07) is 13.8. The number of benzene rings is 2. The van der Waals surface area contributed by atoms with Crippen LogP contribution >= 0.6 is 0 Å². The molecule has 1 amide bonds. The summed E-state index contributed by atoms with van der Waals surface area (Å²) in [6.45, 7) is 14.6. The summed E-state index contributed by atoms with van der Waals surface area (Å²) < 4.78 is 18.9. The maximum atomic E-state index is 13.1. The second-order valence-corrected chi connectivity index (χ2v) is 10.6. The smallest absolute Gasteiger partial charge is 0.237 e. The summed E-state index contributed by atoms with van der Waals surface area (Å²) in [7, 11) is 0. The standard InChI is InChI=1S/C28H42FN3O2/c1-20(2)15-16-32(19-28(5,6)31-27(33)26(30)17-21(3)4)24-11-13-25(14-12-24)34-18-22-7-9-23(29)10-8-22/h7-14,20-21,26H,15-19,30H2,1-6H3,(H,31,33)/t26-/m0/s1. The van der Waals surface area contributed by atoms with Gasteiger partial charge < -0.3 is 20.7 Å². The highest BCUT2D eigenvalue weighted by atomic mass is 19.1. The van der Waals surface area contributed by atoms with E-state index >= 15 is 0 Å². The number of hydrogen-bond acceptors (Lipinski definition) is 4. The van der Waals surface area contributed by atoms with Crippen molar-refractivity contribution >= 4 is 11.6 Å². The Balaban J connectivity index is 2.05. The van der Waals surface area contributed by atoms with Gasteiger partial charge in [-0.05, 0) is 80.5 Å². The van der Waals surface area contributed by atoms with E-state index in [1.54, 1.807) is 12.1 Å². The molecule has 0 bridgehead atoms. The van der Waals surface area contributed by atoms with E-state index in [1.165, 1.54) is 12.1 Å². The van der Waals surface area contributed by atoms with Gasteiger partial charge >= 0.3 is 0 Å². The van der Waals surface area contributed by atoms with E-state index in [0.29, 0.717) is 31.4 Å². The second-order valence-electron chi connectivity index (χ2n) is 10.6. The van der Waals surface area contributed by atoms with E-state index in [4.69, 9.17) is 10.5 Å². The van der Waals surface area contributed by atoms with Gasteiger partial charge in [-0.15, -0.1) is 0 Å². The van der Waals surface area contributed by atoms with Crippen molar-refractivity contribution < 1.29 is 13.9 Å². The van der Waals surface area contributed by atoms with Crippen molar-refractivity contribution in [3.8, 4) is 5.75 Å². The minimum absolute atomic E-state index is 0.105. The van der Waals surface area contributed by atoms with Gasteiger partial charge in [0.25, 0.3) is 0 Å². The fourth-order valence-electron chi connectivity index (χ4n) is 3.77. The fraction of sp³-hybridized carbons (Fsp3) is 0.536. The normalized spacial score (nSPS) is 12.6. The average Bonchev–Trinajstić information content (AvgIpc) is 2.75. The van der Waals surface area contributed by atoms with E-state index in [1.807, 2.05) is 38.1 Å². The van der Waals surface area contributed by atoms with Crippen molar-refractivity contribution in [2.24, 2.45) is 17.6 Å². The minimum Gasteiger partial charge on any atom is -0.489 e. The van der Waals surface area contributed by atoms with Gasteiger partial charge in [-0.3, -0.25) is 4.79 Å². The van der Waals surface area contributed by atoms with Crippen molar-refractivity contribution in [2.45, 2.75) is 72.6 Å². The molecule has 0 unspecified atom stereocenters. The molecule has 0 saturated carbocycles. The first-order valence-corrected chi connectivity index (χ1v) is 12.2. The van der Waals surface area contributed by atoms with Crippen LogP contribution in [0.15, 0.2) is 48.5 Å². The van der Waals surface area contributed by atoms with Crippen LogP contribution in [0.1, 0.15) is 59.9 Å². The number of carbonyl (C=O) groups excluding carboxylic acids is 1. The topological polar surface area (TPSA) is 67.6 Å². The number of nitrogens with two attached hydrogens (primary N) is 1. The molecule has 0 aliphatic heterocycles. The van der Waals surface area contributed by atoms with Crippen LogP contribution in [0, 0.1) is 17.7 Å². The zero-order valence-corrected chi connectivity index (χ0v) is 21.6. The van der Waals surface area contributed by atoms with Crippen LogP contribution in [-0.4, -0.2) is 30.6 Å². The van der Waals surface area contributed by atoms with Crippen LogP contribution in [0.5, 0.6) is 5.75 Å². The number of halogens is 1. The third-order valence-electron chi connectivity index (χ3n) is 5.61. The van der Waals surface area contributed by atoms with Gasteiger partial charge in [-0.2, -0.15) is 0 Å². The van der Waals surface area contributed by atoms with Crippen LogP contribution in [0.4, 0.5) is 10.1 Å². The molecule has 0 fully saturated rings. The Morgan fingerprint density at radius 2 is 1.65 bits per heavy atom. The predicted octanol–water partition coefficient (Wildman–Crippen LogP) is 5.53. The zero-order valence-electron chi connectivity index (χ0n) is 21.6. The number of ether oxygens (including phenoxy) is 1. The van der Waals surface area contributed by atoms with Gasteiger partial charge in [0.2, 0.25) is 5.91 Å². The maximum absolute atomic E-state index is 13.1. The number of nitrogens with one attached hydrogen (secondary N) is 1. The van der Waals surface area contributed by atoms with Crippen molar-refractivity contribution in [1.29, 1.82) is 0 Å². The molecule has 0 heterocycles. The van der Waals surface area contributed by atoms with Gasteiger partial charge in [-0.1, -0.05) is 39.8 Å². The second kappa shape index (κ2) is 12.7. The molecule has 0 aromatic heterocycles. The van der Waals surface area contributed by atoms with Gasteiger partial charge in [0, 0.05) is 18.8 Å². The number of hydrogen-bond donors (Lipinski definition) is 2. The molecule has 1 atom stereocenters. The summed E-state index contributed by atoms with van der Waals surface area (Å²) in [6.07, 6.45) is 1.71. The van der Waals surface area contributed by atoms with Crippen LogP contribution in [0.3, 0.4) is 0 Å².